The van der Waals surface area contributed by atoms with Gasteiger partial charge in [0.05, 0.1) is 0 Å². The van der Waals surface area contributed by atoms with E-state index in [9.17, 15) is 4.79 Å². The number of carboxylic acid groups (broad SMARTS) is 1. The second-order valence-corrected chi connectivity index (χ2v) is 6.18. The highest BCUT2D eigenvalue weighted by molar-refractivity contribution is 9.13. The molecular weight excluding hydrogens is 350 g/mol. The fraction of sp³-hybridized carbons (Fsp3) is 0.417. The second kappa shape index (κ2) is 5.50. The molecule has 0 aliphatic carbocycles. The summed E-state index contributed by atoms with van der Waals surface area (Å²) in [5.41, 5.74) is 0.191. The van der Waals surface area contributed by atoms with Crippen molar-refractivity contribution in [3.8, 4) is 0 Å². The first kappa shape index (κ1) is 14.7. The molecule has 0 saturated heterocycles. The molecule has 0 aliphatic heterocycles. The molecule has 94 valence electrons. The van der Waals surface area contributed by atoms with Gasteiger partial charge >= 0.3 is 5.97 Å². The van der Waals surface area contributed by atoms with Gasteiger partial charge in [-0.1, -0.05) is 6.07 Å². The van der Waals surface area contributed by atoms with Gasteiger partial charge in [0.25, 0.3) is 0 Å². The quantitative estimate of drug-likeness (QED) is 0.888. The Balaban J connectivity index is 2.84. The number of nitrogens with zero attached hydrogens (tertiary/aromatic N) is 1. The smallest absolute Gasteiger partial charge is 0.323 e. The van der Waals surface area contributed by atoms with Crippen LogP contribution in [-0.2, 0) is 11.3 Å². The first-order valence-corrected chi connectivity index (χ1v) is 6.72. The number of hydrogen-bond acceptors (Lipinski definition) is 2. The summed E-state index contributed by atoms with van der Waals surface area (Å²) in [7, 11) is 1.81. The molecular formula is C12H15Br2NO2. The lowest BCUT2D eigenvalue weighted by Crippen LogP contribution is -2.47. The molecule has 0 saturated carbocycles. The number of likely N-dealkylation sites (N-methyl/N-ethyl adjacent to an activating group) is 1. The fourth-order valence-corrected chi connectivity index (χ4v) is 1.95. The Labute approximate surface area is 118 Å². The van der Waals surface area contributed by atoms with Crippen LogP contribution in [0, 0.1) is 0 Å². The normalized spacial score (nSPS) is 11.9. The van der Waals surface area contributed by atoms with E-state index in [2.05, 4.69) is 31.9 Å². The minimum atomic E-state index is -0.875. The minimum absolute atomic E-state index is 0.588. The Bertz CT molecular complexity index is 433. The largest absolute Gasteiger partial charge is 0.480 e. The topological polar surface area (TPSA) is 40.5 Å². The zero-order valence-electron chi connectivity index (χ0n) is 10.00. The summed E-state index contributed by atoms with van der Waals surface area (Å²) >= 11 is 6.84. The predicted molar refractivity (Wildman–Crippen MR) is 75.0 cm³/mol. The molecule has 0 spiro atoms. The Morgan fingerprint density at radius 1 is 1.35 bits per heavy atom. The number of halogens is 2. The van der Waals surface area contributed by atoms with Crippen LogP contribution < -0.4 is 0 Å². The van der Waals surface area contributed by atoms with Crippen LogP contribution in [0.4, 0.5) is 0 Å². The van der Waals surface area contributed by atoms with Crippen LogP contribution in [0.25, 0.3) is 0 Å². The molecule has 0 atom stereocenters. The van der Waals surface area contributed by atoms with E-state index >= 15 is 0 Å². The van der Waals surface area contributed by atoms with E-state index in [4.69, 9.17) is 5.11 Å². The zero-order chi connectivity index (χ0) is 13.2. The van der Waals surface area contributed by atoms with Crippen LogP contribution in [0.5, 0.6) is 0 Å². The predicted octanol–water partition coefficient (Wildman–Crippen LogP) is 3.51. The van der Waals surface area contributed by atoms with E-state index < -0.39 is 11.5 Å². The van der Waals surface area contributed by atoms with Crippen molar-refractivity contribution in [1.82, 2.24) is 4.90 Å². The van der Waals surface area contributed by atoms with E-state index in [0.717, 1.165) is 14.5 Å². The van der Waals surface area contributed by atoms with Crippen molar-refractivity contribution in [2.45, 2.75) is 25.9 Å². The van der Waals surface area contributed by atoms with E-state index in [1.807, 2.05) is 30.1 Å². The van der Waals surface area contributed by atoms with Gasteiger partial charge in [0, 0.05) is 15.5 Å². The summed E-state index contributed by atoms with van der Waals surface area (Å²) in [6.45, 7) is 3.98. The molecule has 5 heteroatoms. The fourth-order valence-electron chi connectivity index (χ4n) is 1.27. The number of carbonyl (C=O) groups is 1. The van der Waals surface area contributed by atoms with Crippen molar-refractivity contribution < 1.29 is 9.90 Å². The summed E-state index contributed by atoms with van der Waals surface area (Å²) in [5.74, 6) is -0.823. The Morgan fingerprint density at radius 2 is 1.94 bits per heavy atom. The second-order valence-electron chi connectivity index (χ2n) is 4.47. The lowest BCUT2D eigenvalue weighted by Gasteiger charge is -2.31. The molecule has 0 bridgehead atoms. The van der Waals surface area contributed by atoms with Crippen molar-refractivity contribution in [2.75, 3.05) is 7.05 Å². The van der Waals surface area contributed by atoms with E-state index in [1.165, 1.54) is 0 Å². The van der Waals surface area contributed by atoms with E-state index in [1.54, 1.807) is 13.8 Å². The highest BCUT2D eigenvalue weighted by Crippen LogP contribution is 2.25. The van der Waals surface area contributed by atoms with Crippen LogP contribution in [0.2, 0.25) is 0 Å². The average molecular weight is 365 g/mol. The van der Waals surface area contributed by atoms with Gasteiger partial charge < -0.3 is 5.11 Å². The first-order chi connectivity index (χ1) is 7.75. The third-order valence-electron chi connectivity index (χ3n) is 2.88. The molecule has 17 heavy (non-hydrogen) atoms. The molecule has 1 aromatic carbocycles. The number of aliphatic carboxylic acids is 1. The maximum absolute atomic E-state index is 11.1. The van der Waals surface area contributed by atoms with Crippen LogP contribution in [0.15, 0.2) is 27.1 Å². The Kier molecular flexibility index (Phi) is 4.75. The summed E-state index contributed by atoms with van der Waals surface area (Å²) in [4.78, 5) is 12.9. The van der Waals surface area contributed by atoms with Crippen LogP contribution in [0.3, 0.4) is 0 Å². The molecule has 0 aromatic heterocycles. The summed E-state index contributed by atoms with van der Waals surface area (Å²) in [6, 6.07) is 5.91. The van der Waals surface area contributed by atoms with Gasteiger partial charge in [0.2, 0.25) is 0 Å². The number of benzene rings is 1. The van der Waals surface area contributed by atoms with Gasteiger partial charge in [-0.3, -0.25) is 9.69 Å². The monoisotopic (exact) mass is 363 g/mol. The van der Waals surface area contributed by atoms with Crippen molar-refractivity contribution in [3.05, 3.63) is 32.7 Å². The minimum Gasteiger partial charge on any atom is -0.480 e. The van der Waals surface area contributed by atoms with Gasteiger partial charge in [-0.2, -0.15) is 0 Å². The first-order valence-electron chi connectivity index (χ1n) is 5.13. The van der Waals surface area contributed by atoms with E-state index in [0.29, 0.717) is 6.54 Å². The molecule has 0 aliphatic rings. The molecule has 1 aromatic rings. The lowest BCUT2D eigenvalue weighted by molar-refractivity contribution is -0.148. The third-order valence-corrected chi connectivity index (χ3v) is 4.76. The van der Waals surface area contributed by atoms with Crippen LogP contribution >= 0.6 is 31.9 Å². The maximum Gasteiger partial charge on any atom is 0.323 e. The number of rotatable bonds is 4. The molecule has 0 unspecified atom stereocenters. The highest BCUT2D eigenvalue weighted by Gasteiger charge is 2.31. The standard InChI is InChI=1S/C12H15Br2NO2/c1-12(2,11(16)17)15(3)7-8-4-5-9(13)10(14)6-8/h4-6H,7H2,1-3H3,(H,16,17). The highest BCUT2D eigenvalue weighted by atomic mass is 79.9. The summed E-state index contributed by atoms with van der Waals surface area (Å²) in [6.07, 6.45) is 0. The SMILES string of the molecule is CN(Cc1ccc(Br)c(Br)c1)C(C)(C)C(=O)O. The third kappa shape index (κ3) is 3.53. The van der Waals surface area contributed by atoms with Crippen molar-refractivity contribution >= 4 is 37.8 Å². The Morgan fingerprint density at radius 3 is 2.41 bits per heavy atom. The van der Waals surface area contributed by atoms with Gasteiger partial charge in [0.15, 0.2) is 0 Å². The van der Waals surface area contributed by atoms with Gasteiger partial charge in [-0.25, -0.2) is 0 Å². The van der Waals surface area contributed by atoms with E-state index in [-0.39, 0.29) is 0 Å². The van der Waals surface area contributed by atoms with Crippen molar-refractivity contribution in [2.24, 2.45) is 0 Å². The van der Waals surface area contributed by atoms with Crippen LogP contribution in [0.1, 0.15) is 19.4 Å². The molecule has 1 N–H and O–H groups in total. The van der Waals surface area contributed by atoms with Gasteiger partial charge in [-0.05, 0) is 70.5 Å². The molecule has 3 nitrogen and oxygen atoms in total. The lowest BCUT2D eigenvalue weighted by atomic mass is 10.0. The van der Waals surface area contributed by atoms with Crippen molar-refractivity contribution in [1.29, 1.82) is 0 Å². The maximum atomic E-state index is 11.1. The zero-order valence-corrected chi connectivity index (χ0v) is 13.2. The van der Waals surface area contributed by atoms with Gasteiger partial charge in [0.1, 0.15) is 5.54 Å². The van der Waals surface area contributed by atoms with Gasteiger partial charge in [-0.15, -0.1) is 0 Å². The molecule has 0 fully saturated rings. The van der Waals surface area contributed by atoms with Crippen LogP contribution in [-0.4, -0.2) is 28.6 Å². The Hall–Kier alpha value is -0.390. The number of hydrogen-bond donors (Lipinski definition) is 1. The molecule has 1 rings (SSSR count). The average Bonchev–Trinajstić information content (AvgIpc) is 2.23. The molecule has 0 heterocycles. The number of carboxylic acids is 1. The molecule has 0 amide bonds. The summed E-state index contributed by atoms with van der Waals surface area (Å²) < 4.78 is 1.96. The molecule has 0 radical (unpaired) electrons. The summed E-state index contributed by atoms with van der Waals surface area (Å²) in [5, 5.41) is 9.13. The van der Waals surface area contributed by atoms with Crippen molar-refractivity contribution in [3.63, 3.8) is 0 Å².